The average Bonchev–Trinajstić information content (AvgIpc) is 3.35. The second-order valence-corrected chi connectivity index (χ2v) is 8.18. The van der Waals surface area contributed by atoms with Crippen LogP contribution in [0.2, 0.25) is 0 Å². The summed E-state index contributed by atoms with van der Waals surface area (Å²) in [6, 6.07) is 9.73. The minimum Gasteiger partial charge on any atom is -0.478 e. The number of benzene rings is 2. The number of nitrogens with zero attached hydrogens (tertiary/aromatic N) is 2. The maximum atomic E-state index is 12.7. The van der Waals surface area contributed by atoms with Crippen molar-refractivity contribution in [3.8, 4) is 0 Å². The van der Waals surface area contributed by atoms with E-state index in [9.17, 15) is 18.7 Å². The smallest absolute Gasteiger partial charge is 0.369 e. The summed E-state index contributed by atoms with van der Waals surface area (Å²) in [5, 5.41) is 14.1. The first-order chi connectivity index (χ1) is 13.9. The third kappa shape index (κ3) is 3.62. The molecule has 1 aromatic heterocycles. The van der Waals surface area contributed by atoms with Gasteiger partial charge in [0.15, 0.2) is 0 Å². The fourth-order valence-electron chi connectivity index (χ4n) is 2.77. The predicted molar refractivity (Wildman–Crippen MR) is 108 cm³/mol. The Hall–Kier alpha value is -3.50. The van der Waals surface area contributed by atoms with Gasteiger partial charge in [0.2, 0.25) is 0 Å². The van der Waals surface area contributed by atoms with Gasteiger partial charge in [-0.3, -0.25) is 4.79 Å². The molecule has 0 saturated carbocycles. The number of amides is 1. The van der Waals surface area contributed by atoms with Crippen LogP contribution in [-0.2, 0) is 15.8 Å². The highest BCUT2D eigenvalue weighted by molar-refractivity contribution is 7.79. The van der Waals surface area contributed by atoms with Gasteiger partial charge in [0.1, 0.15) is 14.1 Å². The minimum atomic E-state index is -2.10. The van der Waals surface area contributed by atoms with E-state index in [2.05, 4.69) is 10.3 Å². The van der Waals surface area contributed by atoms with Crippen LogP contribution in [0.4, 0.5) is 11.4 Å². The van der Waals surface area contributed by atoms with E-state index in [1.165, 1.54) is 47.7 Å². The maximum Gasteiger partial charge on any atom is 0.369 e. The van der Waals surface area contributed by atoms with Crippen LogP contribution < -0.4 is 5.32 Å². The number of thiazole rings is 1. The maximum absolute atomic E-state index is 12.7. The Labute approximate surface area is 170 Å². The number of carbonyl (C=O) groups is 2. The Morgan fingerprint density at radius 3 is 2.62 bits per heavy atom. The SMILES string of the molecule is O=C1Nc2ccc(S(=O)[N+](=O)c3ccc(C(=O)O)cc3)cc2/C1=C\c1nccs1. The fraction of sp³-hybridized carbons (Fsp3) is 0. The van der Waals surface area contributed by atoms with Crippen molar-refractivity contribution in [2.24, 2.45) is 0 Å². The number of fused-ring (bicyclic) bond motifs is 1. The Kier molecular flexibility index (Phi) is 4.87. The Morgan fingerprint density at radius 1 is 1.21 bits per heavy atom. The standard InChI is InChI=1S/C19H11N3O5S2/c23-18-15(10-17-20-7-8-28-17)14-9-13(5-6-16(14)21-18)29(27)22(26)12-3-1-11(2-4-12)19(24)25/h1-10H,(H-,20,21,23,24,25)/p+1. The zero-order valence-corrected chi connectivity index (χ0v) is 16.2. The second-order valence-electron chi connectivity index (χ2n) is 5.95. The summed E-state index contributed by atoms with van der Waals surface area (Å²) in [7, 11) is -2.10. The molecule has 0 saturated heterocycles. The monoisotopic (exact) mass is 426 g/mol. The molecule has 0 bridgehead atoms. The molecule has 0 spiro atoms. The lowest BCUT2D eigenvalue weighted by Crippen LogP contribution is -2.07. The van der Waals surface area contributed by atoms with E-state index < -0.39 is 17.0 Å². The normalized spacial score (nSPS) is 15.0. The number of hydrogen-bond acceptors (Lipinski definition) is 6. The van der Waals surface area contributed by atoms with Gasteiger partial charge in [0.05, 0.1) is 11.1 Å². The quantitative estimate of drug-likeness (QED) is 0.477. The molecule has 1 amide bonds. The molecule has 2 aromatic carbocycles. The first kappa shape index (κ1) is 18.8. The van der Waals surface area contributed by atoms with Crippen LogP contribution in [0.3, 0.4) is 0 Å². The average molecular weight is 426 g/mol. The molecule has 29 heavy (non-hydrogen) atoms. The minimum absolute atomic E-state index is 0.0204. The molecule has 0 radical (unpaired) electrons. The summed E-state index contributed by atoms with van der Waals surface area (Å²) in [6.45, 7) is 0. The molecule has 1 atom stereocenters. The van der Waals surface area contributed by atoms with Crippen molar-refractivity contribution in [2.75, 3.05) is 5.32 Å². The van der Waals surface area contributed by atoms with E-state index >= 15 is 0 Å². The second kappa shape index (κ2) is 7.49. The molecule has 4 rings (SSSR count). The molecule has 2 heterocycles. The number of aromatic nitrogens is 1. The third-order valence-electron chi connectivity index (χ3n) is 4.17. The molecule has 8 nitrogen and oxygen atoms in total. The van der Waals surface area contributed by atoms with Crippen molar-refractivity contribution < 1.29 is 23.1 Å². The van der Waals surface area contributed by atoms with E-state index in [0.717, 1.165) is 0 Å². The molecular formula is C19H12N3O5S2+. The summed E-state index contributed by atoms with van der Waals surface area (Å²) in [4.78, 5) is 40.0. The van der Waals surface area contributed by atoms with Gasteiger partial charge in [-0.1, -0.05) is 0 Å². The number of carboxylic acids is 1. The lowest BCUT2D eigenvalue weighted by Gasteiger charge is -2.00. The van der Waals surface area contributed by atoms with Crippen LogP contribution in [-0.4, -0.2) is 30.3 Å². The zero-order chi connectivity index (χ0) is 20.5. The van der Waals surface area contributed by atoms with Crippen LogP contribution in [0.1, 0.15) is 20.9 Å². The number of anilines is 1. The largest absolute Gasteiger partial charge is 0.478 e. The van der Waals surface area contributed by atoms with Crippen LogP contribution in [0.5, 0.6) is 0 Å². The van der Waals surface area contributed by atoms with Crippen molar-refractivity contribution in [1.82, 2.24) is 4.98 Å². The van der Waals surface area contributed by atoms with Gasteiger partial charge in [0, 0.05) is 39.9 Å². The first-order valence-electron chi connectivity index (χ1n) is 8.23. The topological polar surface area (TPSA) is 116 Å². The van der Waals surface area contributed by atoms with Gasteiger partial charge in [-0.25, -0.2) is 9.78 Å². The molecule has 2 N–H and O–H groups in total. The number of rotatable bonds is 5. The molecule has 1 unspecified atom stereocenters. The fourth-order valence-corrected chi connectivity index (χ4v) is 4.24. The van der Waals surface area contributed by atoms with Crippen LogP contribution in [0.25, 0.3) is 11.6 Å². The van der Waals surface area contributed by atoms with E-state index in [4.69, 9.17) is 5.11 Å². The highest BCUT2D eigenvalue weighted by Gasteiger charge is 2.30. The van der Waals surface area contributed by atoms with Gasteiger partial charge >= 0.3 is 17.0 Å². The molecule has 1 aliphatic rings. The third-order valence-corrected chi connectivity index (χ3v) is 6.06. The molecule has 3 aromatic rings. The summed E-state index contributed by atoms with van der Waals surface area (Å²) < 4.78 is 13.0. The Bertz CT molecular complexity index is 1200. The summed E-state index contributed by atoms with van der Waals surface area (Å²) in [5.74, 6) is -1.42. The number of carbonyl (C=O) groups excluding carboxylic acids is 1. The number of hydrogen-bond donors (Lipinski definition) is 2. The molecular weight excluding hydrogens is 414 g/mol. The zero-order valence-electron chi connectivity index (χ0n) is 14.6. The van der Waals surface area contributed by atoms with Crippen molar-refractivity contribution >= 4 is 57.2 Å². The first-order valence-corrected chi connectivity index (χ1v) is 10.2. The van der Waals surface area contributed by atoms with Crippen molar-refractivity contribution in [1.29, 1.82) is 0 Å². The summed E-state index contributed by atoms with van der Waals surface area (Å²) >= 11 is 1.37. The molecule has 0 fully saturated rings. The Morgan fingerprint density at radius 2 is 1.97 bits per heavy atom. The molecule has 144 valence electrons. The number of aromatic carboxylic acids is 1. The van der Waals surface area contributed by atoms with Crippen LogP contribution in [0, 0.1) is 4.91 Å². The van der Waals surface area contributed by atoms with Crippen molar-refractivity contribution in [3.05, 3.63) is 75.1 Å². The summed E-state index contributed by atoms with van der Waals surface area (Å²) in [6.07, 6.45) is 3.26. The molecule has 1 aliphatic heterocycles. The summed E-state index contributed by atoms with van der Waals surface area (Å²) in [5.41, 5.74) is 1.54. The van der Waals surface area contributed by atoms with E-state index in [1.54, 1.807) is 23.7 Å². The lowest BCUT2D eigenvalue weighted by molar-refractivity contribution is -0.277. The van der Waals surface area contributed by atoms with E-state index in [1.807, 2.05) is 0 Å². The number of nitroso groups, excluding NO2 is 1. The predicted octanol–water partition coefficient (Wildman–Crippen LogP) is 3.47. The highest BCUT2D eigenvalue weighted by atomic mass is 32.2. The van der Waals surface area contributed by atoms with Crippen molar-refractivity contribution in [2.45, 2.75) is 4.90 Å². The molecule has 0 aliphatic carbocycles. The van der Waals surface area contributed by atoms with Gasteiger partial charge in [0.25, 0.3) is 11.6 Å². The van der Waals surface area contributed by atoms with Gasteiger partial charge < -0.3 is 10.4 Å². The van der Waals surface area contributed by atoms with E-state index in [-0.39, 0.29) is 22.1 Å². The number of carboxylic acid groups (broad SMARTS) is 1. The Balaban J connectivity index is 1.66. The van der Waals surface area contributed by atoms with Crippen LogP contribution in [0.15, 0.2) is 58.9 Å². The van der Waals surface area contributed by atoms with Gasteiger partial charge in [-0.2, -0.15) is 4.21 Å². The lowest BCUT2D eigenvalue weighted by atomic mass is 10.1. The van der Waals surface area contributed by atoms with Crippen LogP contribution >= 0.6 is 11.3 Å². The van der Waals surface area contributed by atoms with Gasteiger partial charge in [-0.05, 0) is 36.4 Å². The number of nitrogens with one attached hydrogen (secondary N) is 1. The van der Waals surface area contributed by atoms with E-state index in [0.29, 0.717) is 26.0 Å². The highest BCUT2D eigenvalue weighted by Crippen LogP contribution is 2.35. The van der Waals surface area contributed by atoms with Gasteiger partial charge in [-0.15, -0.1) is 11.3 Å². The van der Waals surface area contributed by atoms with Crippen molar-refractivity contribution in [3.63, 3.8) is 0 Å². The molecule has 10 heteroatoms.